The highest BCUT2D eigenvalue weighted by Gasteiger charge is 2.21. The number of carbonyl (C=O) groups excluding carboxylic acids is 1. The molecule has 0 amide bonds. The Labute approximate surface area is 125 Å². The minimum Gasteiger partial charge on any atom is -0.462 e. The summed E-state index contributed by atoms with van der Waals surface area (Å²) in [6, 6.07) is 2.63. The zero-order valence-electron chi connectivity index (χ0n) is 10.2. The van der Waals surface area contributed by atoms with E-state index in [0.29, 0.717) is 4.47 Å². The lowest BCUT2D eigenvalue weighted by Crippen LogP contribution is -2.15. The fourth-order valence-electron chi connectivity index (χ4n) is 1.31. The van der Waals surface area contributed by atoms with E-state index < -0.39 is 16.0 Å². The molecule has 1 rings (SSSR count). The number of benzene rings is 1. The van der Waals surface area contributed by atoms with E-state index in [0.717, 1.165) is 12.8 Å². The van der Waals surface area contributed by atoms with Gasteiger partial charge in [-0.25, -0.2) is 18.4 Å². The molecule has 0 atom stereocenters. The Morgan fingerprint density at radius 1 is 1.47 bits per heavy atom. The van der Waals surface area contributed by atoms with Crippen LogP contribution in [-0.2, 0) is 14.8 Å². The van der Waals surface area contributed by atoms with Crippen LogP contribution in [0.3, 0.4) is 0 Å². The predicted molar refractivity (Wildman–Crippen MR) is 75.7 cm³/mol. The van der Waals surface area contributed by atoms with Gasteiger partial charge in [-0.1, -0.05) is 40.9 Å². The highest BCUT2D eigenvalue weighted by molar-refractivity contribution is 9.10. The van der Waals surface area contributed by atoms with Gasteiger partial charge in [-0.3, -0.25) is 0 Å². The van der Waals surface area contributed by atoms with Crippen LogP contribution in [0.15, 0.2) is 21.5 Å². The van der Waals surface area contributed by atoms with E-state index in [1.165, 1.54) is 12.1 Å². The fourth-order valence-corrected chi connectivity index (χ4v) is 3.08. The highest BCUT2D eigenvalue weighted by atomic mass is 79.9. The van der Waals surface area contributed by atoms with E-state index in [4.69, 9.17) is 21.5 Å². The van der Waals surface area contributed by atoms with E-state index >= 15 is 0 Å². The molecule has 8 heteroatoms. The lowest BCUT2D eigenvalue weighted by atomic mass is 10.2. The van der Waals surface area contributed by atoms with Crippen LogP contribution in [0.25, 0.3) is 0 Å². The Kier molecular flexibility index (Phi) is 5.79. The summed E-state index contributed by atoms with van der Waals surface area (Å²) in [6.45, 7) is 2.21. The van der Waals surface area contributed by atoms with Crippen molar-refractivity contribution in [2.24, 2.45) is 5.14 Å². The molecule has 2 N–H and O–H groups in total. The summed E-state index contributed by atoms with van der Waals surface area (Å²) in [5.41, 5.74) is -0.0313. The second-order valence-corrected chi connectivity index (χ2v) is 6.62. The van der Waals surface area contributed by atoms with Crippen molar-refractivity contribution in [3.63, 3.8) is 0 Å². The molecule has 0 unspecified atom stereocenters. The van der Waals surface area contributed by atoms with Crippen molar-refractivity contribution in [2.75, 3.05) is 6.61 Å². The second kappa shape index (κ2) is 6.69. The number of carbonyl (C=O) groups is 1. The number of ether oxygens (including phenoxy) is 1. The molecule has 0 aliphatic heterocycles. The van der Waals surface area contributed by atoms with Crippen LogP contribution >= 0.6 is 27.5 Å². The van der Waals surface area contributed by atoms with Gasteiger partial charge in [0.2, 0.25) is 10.0 Å². The minimum atomic E-state index is -4.01. The summed E-state index contributed by atoms with van der Waals surface area (Å²) >= 11 is 9.00. The van der Waals surface area contributed by atoms with E-state index in [1.807, 2.05) is 6.92 Å². The molecule has 0 spiro atoms. The minimum absolute atomic E-state index is 0.0313. The molecule has 0 fully saturated rings. The maximum atomic E-state index is 11.8. The number of nitrogens with two attached hydrogens (primary N) is 1. The predicted octanol–water partition coefficient (Wildman–Crippen LogP) is 2.71. The van der Waals surface area contributed by atoms with E-state index in [-0.39, 0.29) is 22.1 Å². The van der Waals surface area contributed by atoms with Gasteiger partial charge in [0.25, 0.3) is 0 Å². The van der Waals surface area contributed by atoms with E-state index in [9.17, 15) is 13.2 Å². The molecule has 0 saturated heterocycles. The smallest absolute Gasteiger partial charge is 0.339 e. The van der Waals surface area contributed by atoms with Crippen molar-refractivity contribution in [1.82, 2.24) is 0 Å². The Morgan fingerprint density at radius 2 is 2.11 bits per heavy atom. The Bertz CT molecular complexity index is 589. The summed E-state index contributed by atoms with van der Waals surface area (Å²) in [5.74, 6) is -0.676. The molecule has 0 aromatic heterocycles. The van der Waals surface area contributed by atoms with Gasteiger partial charge in [0.1, 0.15) is 4.90 Å². The van der Waals surface area contributed by atoms with Crippen molar-refractivity contribution in [3.8, 4) is 0 Å². The Hall–Kier alpha value is -0.630. The maximum absolute atomic E-state index is 11.8. The molecule has 0 heterocycles. The molecular weight excluding hydrogens is 358 g/mol. The van der Waals surface area contributed by atoms with Gasteiger partial charge in [-0.05, 0) is 18.6 Å². The van der Waals surface area contributed by atoms with Gasteiger partial charge >= 0.3 is 5.97 Å². The third kappa shape index (κ3) is 4.45. The summed E-state index contributed by atoms with van der Waals surface area (Å²) in [5, 5.41) is 4.80. The summed E-state index contributed by atoms with van der Waals surface area (Å²) in [6.07, 6.45) is 1.60. The maximum Gasteiger partial charge on any atom is 0.339 e. The number of halogens is 2. The quantitative estimate of drug-likeness (QED) is 0.638. The highest BCUT2D eigenvalue weighted by Crippen LogP contribution is 2.29. The average Bonchev–Trinajstić information content (AvgIpc) is 2.30. The first-order valence-corrected chi connectivity index (χ1v) is 8.18. The number of primary sulfonamides is 1. The zero-order valence-corrected chi connectivity index (χ0v) is 13.3. The number of hydrogen-bond donors (Lipinski definition) is 1. The topological polar surface area (TPSA) is 86.5 Å². The molecule has 0 radical (unpaired) electrons. The molecule has 0 bridgehead atoms. The summed E-state index contributed by atoms with van der Waals surface area (Å²) in [4.78, 5) is 11.5. The molecule has 1 aromatic rings. The lowest BCUT2D eigenvalue weighted by molar-refractivity contribution is 0.0499. The van der Waals surface area contributed by atoms with Crippen LogP contribution in [0.5, 0.6) is 0 Å². The number of esters is 1. The normalized spacial score (nSPS) is 11.4. The van der Waals surface area contributed by atoms with Gasteiger partial charge in [0.15, 0.2) is 0 Å². The monoisotopic (exact) mass is 369 g/mol. The molecule has 19 heavy (non-hydrogen) atoms. The first-order valence-electron chi connectivity index (χ1n) is 5.46. The van der Waals surface area contributed by atoms with Gasteiger partial charge in [-0.2, -0.15) is 0 Å². The number of rotatable bonds is 5. The second-order valence-electron chi connectivity index (χ2n) is 3.80. The van der Waals surface area contributed by atoms with Crippen LogP contribution < -0.4 is 5.14 Å². The molecule has 5 nitrogen and oxygen atoms in total. The van der Waals surface area contributed by atoms with Crippen molar-refractivity contribution in [2.45, 2.75) is 24.7 Å². The Morgan fingerprint density at radius 3 is 2.63 bits per heavy atom. The molecule has 1 aromatic carbocycles. The van der Waals surface area contributed by atoms with Gasteiger partial charge < -0.3 is 4.74 Å². The van der Waals surface area contributed by atoms with Crippen LogP contribution in [0.4, 0.5) is 0 Å². The zero-order chi connectivity index (χ0) is 14.6. The SMILES string of the molecule is CCCCOC(=O)c1cc(Br)cc(S(N)(=O)=O)c1Cl. The lowest BCUT2D eigenvalue weighted by Gasteiger charge is -2.09. The number of hydrogen-bond acceptors (Lipinski definition) is 4. The van der Waals surface area contributed by atoms with Crippen LogP contribution in [0, 0.1) is 0 Å². The van der Waals surface area contributed by atoms with Gasteiger partial charge in [-0.15, -0.1) is 0 Å². The first kappa shape index (κ1) is 16.4. The van der Waals surface area contributed by atoms with Gasteiger partial charge in [0, 0.05) is 4.47 Å². The van der Waals surface area contributed by atoms with Crippen molar-refractivity contribution in [3.05, 3.63) is 27.2 Å². The van der Waals surface area contributed by atoms with Crippen molar-refractivity contribution in [1.29, 1.82) is 0 Å². The van der Waals surface area contributed by atoms with Crippen molar-refractivity contribution < 1.29 is 17.9 Å². The third-order valence-corrected chi connectivity index (χ3v) is 4.17. The number of sulfonamides is 1. The summed E-state index contributed by atoms with van der Waals surface area (Å²) in [7, 11) is -4.01. The van der Waals surface area contributed by atoms with Crippen LogP contribution in [0.1, 0.15) is 30.1 Å². The fraction of sp³-hybridized carbons (Fsp3) is 0.364. The Balaban J connectivity index is 3.15. The first-order chi connectivity index (χ1) is 8.77. The van der Waals surface area contributed by atoms with Gasteiger partial charge in [0.05, 0.1) is 17.2 Å². The van der Waals surface area contributed by atoms with Crippen molar-refractivity contribution >= 4 is 43.5 Å². The van der Waals surface area contributed by atoms with E-state index in [1.54, 1.807) is 0 Å². The van der Waals surface area contributed by atoms with E-state index in [2.05, 4.69) is 15.9 Å². The molecule has 0 aliphatic rings. The molecule has 0 aliphatic carbocycles. The van der Waals surface area contributed by atoms with Crippen LogP contribution in [-0.4, -0.2) is 21.0 Å². The molecule has 0 saturated carbocycles. The molecular formula is C11H13BrClNO4S. The number of unbranched alkanes of at least 4 members (excludes halogenated alkanes) is 1. The van der Waals surface area contributed by atoms with Crippen LogP contribution in [0.2, 0.25) is 5.02 Å². The largest absolute Gasteiger partial charge is 0.462 e. The average molecular weight is 371 g/mol. The third-order valence-electron chi connectivity index (χ3n) is 2.26. The summed E-state index contributed by atoms with van der Waals surface area (Å²) < 4.78 is 28.1. The molecule has 106 valence electrons. The standard InChI is InChI=1S/C11H13BrClNO4S/c1-2-3-4-18-11(15)8-5-7(12)6-9(10(8)13)19(14,16)17/h5-6H,2-4H2,1H3,(H2,14,16,17).